The van der Waals surface area contributed by atoms with E-state index in [1.807, 2.05) is 30.3 Å². The van der Waals surface area contributed by atoms with Crippen LogP contribution >= 0.6 is 0 Å². The standard InChI is InChI=1S/C9H11NO2.C6H9N3O2.C4H8N2O3.C3H7NO2.C2H5NO2/c10-8(9(11)12)6-7-4-2-1-3-5-7;7-5(6(10)11)1-4-2-8-3-9-4;5-2(4(8)9)1-3(6)7;1-2(4)3(5)6;3-1-2(4)5/h1-5,8H,6,10H2,(H,11,12);2-3,5H,1,7H2,(H,8,9)(H,10,11);2H,1,5H2,(H2,6,7)(H,8,9);2H,4H2,1H3,(H,5,6);1,3H2,(H,4,5)/t8-;5-;2*2-;/m0000./s1. The van der Waals surface area contributed by atoms with Crippen molar-refractivity contribution in [1.29, 1.82) is 0 Å². The van der Waals surface area contributed by atoms with Crippen LogP contribution in [0.2, 0.25) is 0 Å². The SMILES string of the molecule is C[C@H](N)C(=O)O.NC(=O)C[C@H](N)C(=O)O.NCC(=O)O.N[C@@H](Cc1ccccc1)C(=O)O.N[C@@H](Cc1cnc[nH]1)C(=O)O. The molecule has 19 heteroatoms. The zero-order valence-electron chi connectivity index (χ0n) is 23.3. The minimum absolute atomic E-state index is 0.278. The molecule has 4 atom stereocenters. The number of H-pyrrole nitrogens is 1. The molecule has 242 valence electrons. The molecule has 1 amide bonds. The number of carbonyl (C=O) groups is 6. The number of aromatic nitrogens is 2. The number of carboxylic acids is 5. The van der Waals surface area contributed by atoms with E-state index in [9.17, 15) is 28.8 Å². The largest absolute Gasteiger partial charge is 0.480 e. The van der Waals surface area contributed by atoms with E-state index in [4.69, 9.17) is 48.5 Å². The molecule has 1 aromatic heterocycles. The molecule has 0 aliphatic rings. The van der Waals surface area contributed by atoms with Crippen molar-refractivity contribution in [1.82, 2.24) is 9.97 Å². The van der Waals surface area contributed by atoms with Gasteiger partial charge >= 0.3 is 29.8 Å². The lowest BCUT2D eigenvalue weighted by Crippen LogP contribution is -2.34. The van der Waals surface area contributed by atoms with Crippen molar-refractivity contribution >= 4 is 35.8 Å². The number of nitrogens with two attached hydrogens (primary N) is 6. The quantitative estimate of drug-likeness (QED) is 0.118. The summed E-state index contributed by atoms with van der Waals surface area (Å²) >= 11 is 0. The first kappa shape index (κ1) is 42.5. The molecule has 0 saturated carbocycles. The molecule has 0 saturated heterocycles. The zero-order valence-corrected chi connectivity index (χ0v) is 23.3. The molecule has 0 unspecified atom stereocenters. The summed E-state index contributed by atoms with van der Waals surface area (Å²) in [5.41, 5.74) is 31.3. The number of nitrogens with zero attached hydrogens (tertiary/aromatic N) is 1. The van der Waals surface area contributed by atoms with Gasteiger partial charge in [-0.15, -0.1) is 0 Å². The first-order valence-electron chi connectivity index (χ1n) is 12.0. The summed E-state index contributed by atoms with van der Waals surface area (Å²) in [5, 5.41) is 40.5. The fourth-order valence-electron chi connectivity index (χ4n) is 1.98. The van der Waals surface area contributed by atoms with Crippen molar-refractivity contribution in [3.05, 3.63) is 54.1 Å². The number of aliphatic carboxylic acids is 5. The Morgan fingerprint density at radius 1 is 0.767 bits per heavy atom. The third-order valence-electron chi connectivity index (χ3n) is 4.23. The molecule has 18 N–H and O–H groups in total. The maximum atomic E-state index is 10.4. The van der Waals surface area contributed by atoms with Crippen molar-refractivity contribution in [2.45, 2.75) is 50.4 Å². The Bertz CT molecular complexity index is 1100. The summed E-state index contributed by atoms with van der Waals surface area (Å²) in [7, 11) is 0. The highest BCUT2D eigenvalue weighted by molar-refractivity contribution is 5.83. The molecule has 0 fully saturated rings. The molecule has 0 bridgehead atoms. The van der Waals surface area contributed by atoms with E-state index < -0.39 is 59.9 Å². The van der Waals surface area contributed by atoms with Gasteiger partial charge in [-0.3, -0.25) is 28.8 Å². The molecule has 2 aromatic rings. The number of amides is 1. The second kappa shape index (κ2) is 24.8. The minimum atomic E-state index is -1.21. The Labute approximate surface area is 245 Å². The number of nitrogens with one attached hydrogen (secondary N) is 1. The number of benzene rings is 1. The molecule has 2 rings (SSSR count). The highest BCUT2D eigenvalue weighted by Gasteiger charge is 2.13. The minimum Gasteiger partial charge on any atom is -0.480 e. The second-order valence-corrected chi connectivity index (χ2v) is 8.20. The van der Waals surface area contributed by atoms with E-state index in [0.29, 0.717) is 6.42 Å². The Hall–Kier alpha value is -4.95. The fraction of sp³-hybridized carbons (Fsp3) is 0.375. The lowest BCUT2D eigenvalue weighted by molar-refractivity contribution is -0.140. The smallest absolute Gasteiger partial charge is 0.321 e. The third-order valence-corrected chi connectivity index (χ3v) is 4.23. The van der Waals surface area contributed by atoms with E-state index in [-0.39, 0.29) is 19.4 Å². The van der Waals surface area contributed by atoms with Crippen LogP contribution in [0.3, 0.4) is 0 Å². The monoisotopic (exact) mass is 616 g/mol. The van der Waals surface area contributed by atoms with Crippen molar-refractivity contribution in [3.63, 3.8) is 0 Å². The number of aromatic amines is 1. The number of carboxylic acid groups (broad SMARTS) is 5. The van der Waals surface area contributed by atoms with Crippen LogP contribution in [0, 0.1) is 0 Å². The fourth-order valence-corrected chi connectivity index (χ4v) is 1.98. The predicted octanol–water partition coefficient (Wildman–Crippen LogP) is -3.27. The first-order valence-corrected chi connectivity index (χ1v) is 12.0. The zero-order chi connectivity index (χ0) is 34.1. The third kappa shape index (κ3) is 28.4. The van der Waals surface area contributed by atoms with Crippen LogP contribution in [0.1, 0.15) is 24.6 Å². The lowest BCUT2D eigenvalue weighted by atomic mass is 10.1. The summed E-state index contributed by atoms with van der Waals surface area (Å²) < 4.78 is 0. The van der Waals surface area contributed by atoms with E-state index in [1.54, 1.807) is 6.20 Å². The second-order valence-electron chi connectivity index (χ2n) is 8.20. The van der Waals surface area contributed by atoms with Gasteiger partial charge < -0.3 is 64.9 Å². The Morgan fingerprint density at radius 3 is 1.47 bits per heavy atom. The van der Waals surface area contributed by atoms with Gasteiger partial charge in [-0.1, -0.05) is 30.3 Å². The van der Waals surface area contributed by atoms with Crippen LogP contribution in [0.25, 0.3) is 0 Å². The van der Waals surface area contributed by atoms with Gasteiger partial charge in [-0.2, -0.15) is 0 Å². The maximum Gasteiger partial charge on any atom is 0.321 e. The molecule has 0 aliphatic heterocycles. The predicted molar refractivity (Wildman–Crippen MR) is 151 cm³/mol. The highest BCUT2D eigenvalue weighted by atomic mass is 16.4. The average molecular weight is 617 g/mol. The van der Waals surface area contributed by atoms with Crippen molar-refractivity contribution < 1.29 is 54.3 Å². The van der Waals surface area contributed by atoms with Gasteiger partial charge in [0.05, 0.1) is 19.3 Å². The number of rotatable bonds is 11. The average Bonchev–Trinajstić information content (AvgIpc) is 3.43. The number of hydrogen-bond acceptors (Lipinski definition) is 12. The molecule has 0 spiro atoms. The summed E-state index contributed by atoms with van der Waals surface area (Å²) in [6.45, 7) is 1.14. The van der Waals surface area contributed by atoms with E-state index in [2.05, 4.69) is 21.4 Å². The van der Waals surface area contributed by atoms with Gasteiger partial charge in [-0.05, 0) is 18.9 Å². The molecule has 1 heterocycles. The normalized spacial score (nSPS) is 12.1. The number of carbonyl (C=O) groups excluding carboxylic acids is 1. The highest BCUT2D eigenvalue weighted by Crippen LogP contribution is 2.01. The maximum absolute atomic E-state index is 10.4. The summed E-state index contributed by atoms with van der Waals surface area (Å²) in [5.74, 6) is -5.81. The first-order chi connectivity index (χ1) is 19.8. The van der Waals surface area contributed by atoms with Gasteiger partial charge in [0.2, 0.25) is 5.91 Å². The summed E-state index contributed by atoms with van der Waals surface area (Å²) in [4.78, 5) is 65.9. The molecular weight excluding hydrogens is 576 g/mol. The van der Waals surface area contributed by atoms with Gasteiger partial charge in [-0.25, -0.2) is 4.98 Å². The van der Waals surface area contributed by atoms with Gasteiger partial charge in [0.25, 0.3) is 0 Å². The van der Waals surface area contributed by atoms with Crippen molar-refractivity contribution in [2.24, 2.45) is 34.4 Å². The van der Waals surface area contributed by atoms with E-state index in [1.165, 1.54) is 13.3 Å². The van der Waals surface area contributed by atoms with Gasteiger partial charge in [0, 0.05) is 18.3 Å². The Balaban J connectivity index is -0.000000483. The van der Waals surface area contributed by atoms with Crippen LogP contribution in [-0.2, 0) is 41.6 Å². The number of imidazole rings is 1. The van der Waals surface area contributed by atoms with Gasteiger partial charge in [0.1, 0.15) is 24.2 Å². The van der Waals surface area contributed by atoms with Crippen LogP contribution in [0.4, 0.5) is 0 Å². The molecule has 0 aliphatic carbocycles. The van der Waals surface area contributed by atoms with Gasteiger partial charge in [0.15, 0.2) is 0 Å². The summed E-state index contributed by atoms with van der Waals surface area (Å²) in [6.07, 6.45) is 3.41. The number of hydrogen-bond donors (Lipinski definition) is 12. The topological polar surface area (TPSA) is 388 Å². The molecular formula is C24H40N8O11. The summed E-state index contributed by atoms with van der Waals surface area (Å²) in [6, 6.07) is 5.80. The van der Waals surface area contributed by atoms with Crippen LogP contribution in [0.5, 0.6) is 0 Å². The van der Waals surface area contributed by atoms with Crippen LogP contribution in [-0.4, -0.2) is 102 Å². The van der Waals surface area contributed by atoms with Crippen LogP contribution < -0.4 is 34.4 Å². The van der Waals surface area contributed by atoms with Crippen molar-refractivity contribution in [2.75, 3.05) is 6.54 Å². The molecule has 1 aromatic carbocycles. The van der Waals surface area contributed by atoms with E-state index in [0.717, 1.165) is 11.3 Å². The lowest BCUT2D eigenvalue weighted by Gasteiger charge is -2.04. The van der Waals surface area contributed by atoms with Crippen LogP contribution in [0.15, 0.2) is 42.9 Å². The molecule has 19 nitrogen and oxygen atoms in total. The van der Waals surface area contributed by atoms with Crippen molar-refractivity contribution in [3.8, 4) is 0 Å². The Kier molecular flexibility index (Phi) is 24.5. The Morgan fingerprint density at radius 2 is 1.19 bits per heavy atom. The molecule has 43 heavy (non-hydrogen) atoms. The number of primary amides is 1. The molecule has 0 radical (unpaired) electrons. The van der Waals surface area contributed by atoms with E-state index >= 15 is 0 Å².